The van der Waals surface area contributed by atoms with Crippen molar-refractivity contribution >= 4 is 5.91 Å². The molecule has 2 aromatic heterocycles. The molecule has 6 nitrogen and oxygen atoms in total. The second kappa shape index (κ2) is 8.02. The summed E-state index contributed by atoms with van der Waals surface area (Å²) in [5.41, 5.74) is 4.29. The van der Waals surface area contributed by atoms with Gasteiger partial charge in [0.15, 0.2) is 0 Å². The van der Waals surface area contributed by atoms with Gasteiger partial charge in [-0.2, -0.15) is 0 Å². The van der Waals surface area contributed by atoms with Crippen molar-refractivity contribution in [3.05, 3.63) is 71.4 Å². The van der Waals surface area contributed by atoms with E-state index in [4.69, 9.17) is 4.52 Å². The Labute approximate surface area is 165 Å². The Hall–Kier alpha value is -2.86. The molecular weight excluding hydrogens is 352 g/mol. The number of piperazine rings is 1. The summed E-state index contributed by atoms with van der Waals surface area (Å²) in [5, 5.41) is 4.03. The molecule has 28 heavy (non-hydrogen) atoms. The Kier molecular flexibility index (Phi) is 5.30. The van der Waals surface area contributed by atoms with E-state index in [1.54, 1.807) is 0 Å². The molecule has 0 bridgehead atoms. The maximum absolute atomic E-state index is 12.7. The summed E-state index contributed by atoms with van der Waals surface area (Å²) < 4.78 is 7.31. The average Bonchev–Trinajstić information content (AvgIpc) is 3.35. The molecule has 1 aliphatic heterocycles. The number of aryl methyl sites for hydroxylation is 2. The zero-order valence-corrected chi connectivity index (χ0v) is 16.5. The third kappa shape index (κ3) is 4.02. The van der Waals surface area contributed by atoms with Gasteiger partial charge in [-0.25, -0.2) is 0 Å². The number of nitrogens with zero attached hydrogens (tertiary/aromatic N) is 4. The van der Waals surface area contributed by atoms with Crippen molar-refractivity contribution in [1.29, 1.82) is 0 Å². The summed E-state index contributed by atoms with van der Waals surface area (Å²) in [6, 6.07) is 12.2. The molecule has 4 rings (SSSR count). The van der Waals surface area contributed by atoms with Crippen LogP contribution in [0, 0.1) is 13.8 Å². The normalized spacial score (nSPS) is 15.1. The van der Waals surface area contributed by atoms with Crippen molar-refractivity contribution in [2.24, 2.45) is 0 Å². The van der Waals surface area contributed by atoms with Gasteiger partial charge in [-0.05, 0) is 43.7 Å². The van der Waals surface area contributed by atoms with Crippen molar-refractivity contribution in [2.75, 3.05) is 26.2 Å². The summed E-state index contributed by atoms with van der Waals surface area (Å²) in [7, 11) is 0. The third-order valence-electron chi connectivity index (χ3n) is 5.48. The van der Waals surface area contributed by atoms with Crippen LogP contribution in [0.4, 0.5) is 0 Å². The molecule has 3 aromatic rings. The lowest BCUT2D eigenvalue weighted by molar-refractivity contribution is -0.132. The van der Waals surface area contributed by atoms with Crippen molar-refractivity contribution < 1.29 is 9.32 Å². The van der Waals surface area contributed by atoms with Crippen molar-refractivity contribution in [1.82, 2.24) is 19.5 Å². The van der Waals surface area contributed by atoms with Crippen LogP contribution < -0.4 is 0 Å². The molecule has 0 saturated carbocycles. The fraction of sp³-hybridized carbons (Fsp3) is 0.364. The monoisotopic (exact) mass is 378 g/mol. The summed E-state index contributed by atoms with van der Waals surface area (Å²) in [5.74, 6) is 1.09. The number of hydrogen-bond donors (Lipinski definition) is 0. The Morgan fingerprint density at radius 2 is 1.71 bits per heavy atom. The topological polar surface area (TPSA) is 54.5 Å². The second-order valence-electron chi connectivity index (χ2n) is 7.39. The van der Waals surface area contributed by atoms with E-state index in [9.17, 15) is 4.79 Å². The Balaban J connectivity index is 1.29. The maximum atomic E-state index is 12.7. The summed E-state index contributed by atoms with van der Waals surface area (Å²) in [4.78, 5) is 17.0. The zero-order chi connectivity index (χ0) is 19.5. The lowest BCUT2D eigenvalue weighted by Crippen LogP contribution is -2.48. The van der Waals surface area contributed by atoms with E-state index >= 15 is 0 Å². The van der Waals surface area contributed by atoms with E-state index < -0.39 is 0 Å². The summed E-state index contributed by atoms with van der Waals surface area (Å²) >= 11 is 0. The lowest BCUT2D eigenvalue weighted by Gasteiger charge is -2.34. The fourth-order valence-electron chi connectivity index (χ4n) is 3.69. The standard InChI is InChI=1S/C22H26N4O2/c1-17-21(18(2)28-23-17)16-24-11-13-26(14-12-24)22(27)15-19-5-7-20(8-6-19)25-9-3-4-10-25/h3-10H,11-16H2,1-2H3. The van der Waals surface area contributed by atoms with Crippen LogP contribution in [0.25, 0.3) is 5.69 Å². The molecule has 3 heterocycles. The van der Waals surface area contributed by atoms with Gasteiger partial charge in [0.1, 0.15) is 5.76 Å². The number of hydrogen-bond acceptors (Lipinski definition) is 4. The van der Waals surface area contributed by atoms with E-state index in [0.717, 1.165) is 55.4 Å². The van der Waals surface area contributed by atoms with Crippen LogP contribution in [0.15, 0.2) is 53.3 Å². The van der Waals surface area contributed by atoms with Gasteiger partial charge in [0.25, 0.3) is 0 Å². The molecule has 1 fully saturated rings. The van der Waals surface area contributed by atoms with Crippen LogP contribution in [0.3, 0.4) is 0 Å². The molecule has 0 unspecified atom stereocenters. The Morgan fingerprint density at radius 3 is 2.32 bits per heavy atom. The first-order valence-corrected chi connectivity index (χ1v) is 9.74. The number of rotatable bonds is 5. The molecule has 0 spiro atoms. The van der Waals surface area contributed by atoms with E-state index in [0.29, 0.717) is 6.42 Å². The van der Waals surface area contributed by atoms with Crippen LogP contribution in [-0.2, 0) is 17.8 Å². The molecule has 0 N–H and O–H groups in total. The van der Waals surface area contributed by atoms with Crippen LogP contribution in [0.2, 0.25) is 0 Å². The highest BCUT2D eigenvalue weighted by atomic mass is 16.5. The molecule has 1 aliphatic rings. The van der Waals surface area contributed by atoms with Gasteiger partial charge < -0.3 is 14.0 Å². The predicted molar refractivity (Wildman–Crippen MR) is 107 cm³/mol. The van der Waals surface area contributed by atoms with Gasteiger partial charge in [-0.3, -0.25) is 9.69 Å². The first-order valence-electron chi connectivity index (χ1n) is 9.74. The van der Waals surface area contributed by atoms with Gasteiger partial charge in [-0.15, -0.1) is 0 Å². The quantitative estimate of drug-likeness (QED) is 0.685. The van der Waals surface area contributed by atoms with Gasteiger partial charge in [0.05, 0.1) is 12.1 Å². The number of benzene rings is 1. The highest BCUT2D eigenvalue weighted by Crippen LogP contribution is 2.17. The van der Waals surface area contributed by atoms with Gasteiger partial charge in [0.2, 0.25) is 5.91 Å². The number of carbonyl (C=O) groups excluding carboxylic acids is 1. The minimum absolute atomic E-state index is 0.200. The number of amides is 1. The smallest absolute Gasteiger partial charge is 0.227 e. The molecule has 1 amide bonds. The van der Waals surface area contributed by atoms with E-state index in [1.807, 2.05) is 55.4 Å². The van der Waals surface area contributed by atoms with Crippen LogP contribution in [-0.4, -0.2) is 51.6 Å². The molecule has 6 heteroatoms. The van der Waals surface area contributed by atoms with Gasteiger partial charge >= 0.3 is 0 Å². The Bertz CT molecular complexity index is 901. The molecular formula is C22H26N4O2. The lowest BCUT2D eigenvalue weighted by atomic mass is 10.1. The highest BCUT2D eigenvalue weighted by Gasteiger charge is 2.23. The average molecular weight is 378 g/mol. The summed E-state index contributed by atoms with van der Waals surface area (Å²) in [6.45, 7) is 8.06. The van der Waals surface area contributed by atoms with Gasteiger partial charge in [-0.1, -0.05) is 17.3 Å². The molecule has 1 aromatic carbocycles. The summed E-state index contributed by atoms with van der Waals surface area (Å²) in [6.07, 6.45) is 4.49. The van der Waals surface area contributed by atoms with Crippen molar-refractivity contribution in [3.8, 4) is 5.69 Å². The molecule has 0 atom stereocenters. The predicted octanol–water partition coefficient (Wildman–Crippen LogP) is 2.97. The molecule has 0 aliphatic carbocycles. The van der Waals surface area contributed by atoms with E-state index in [-0.39, 0.29) is 5.91 Å². The van der Waals surface area contributed by atoms with Crippen molar-refractivity contribution in [3.63, 3.8) is 0 Å². The number of carbonyl (C=O) groups is 1. The van der Waals surface area contributed by atoms with E-state index in [2.05, 4.69) is 26.8 Å². The van der Waals surface area contributed by atoms with Crippen LogP contribution in [0.5, 0.6) is 0 Å². The molecule has 1 saturated heterocycles. The Morgan fingerprint density at radius 1 is 1.04 bits per heavy atom. The van der Waals surface area contributed by atoms with Crippen LogP contribution >= 0.6 is 0 Å². The minimum atomic E-state index is 0.200. The fourth-order valence-corrected chi connectivity index (χ4v) is 3.69. The molecule has 146 valence electrons. The van der Waals surface area contributed by atoms with Crippen LogP contribution in [0.1, 0.15) is 22.6 Å². The highest BCUT2D eigenvalue weighted by molar-refractivity contribution is 5.79. The minimum Gasteiger partial charge on any atom is -0.361 e. The third-order valence-corrected chi connectivity index (χ3v) is 5.48. The maximum Gasteiger partial charge on any atom is 0.227 e. The SMILES string of the molecule is Cc1noc(C)c1CN1CCN(C(=O)Cc2ccc(-n3cccc3)cc2)CC1. The first-order chi connectivity index (χ1) is 13.6. The second-order valence-corrected chi connectivity index (χ2v) is 7.39. The van der Waals surface area contributed by atoms with Gasteiger partial charge in [0, 0.05) is 56.4 Å². The molecule has 0 radical (unpaired) electrons. The number of aromatic nitrogens is 2. The first kappa shape index (κ1) is 18.5. The largest absolute Gasteiger partial charge is 0.361 e. The van der Waals surface area contributed by atoms with E-state index in [1.165, 1.54) is 5.56 Å². The zero-order valence-electron chi connectivity index (χ0n) is 16.5. The van der Waals surface area contributed by atoms with Crippen molar-refractivity contribution in [2.45, 2.75) is 26.8 Å².